The van der Waals surface area contributed by atoms with E-state index in [2.05, 4.69) is 137 Å². The first kappa shape index (κ1) is 21.1. The molecule has 0 atom stereocenters. The first-order valence-electron chi connectivity index (χ1n) is 13.8. The molecule has 0 spiro atoms. The van der Waals surface area contributed by atoms with Crippen LogP contribution in [0.15, 0.2) is 127 Å². The van der Waals surface area contributed by atoms with Gasteiger partial charge in [-0.2, -0.15) is 0 Å². The van der Waals surface area contributed by atoms with Crippen molar-refractivity contribution in [2.75, 3.05) is 4.81 Å². The quantitative estimate of drug-likeness (QED) is 0.194. The van der Waals surface area contributed by atoms with Gasteiger partial charge in [0.1, 0.15) is 0 Å². The van der Waals surface area contributed by atoms with Crippen LogP contribution in [0.1, 0.15) is 0 Å². The van der Waals surface area contributed by atoms with E-state index in [1.807, 2.05) is 11.3 Å². The van der Waals surface area contributed by atoms with Crippen molar-refractivity contribution in [2.45, 2.75) is 0 Å². The molecule has 0 bridgehead atoms. The van der Waals surface area contributed by atoms with Crippen LogP contribution in [0.5, 0.6) is 0 Å². The van der Waals surface area contributed by atoms with E-state index in [1.54, 1.807) is 0 Å². The van der Waals surface area contributed by atoms with E-state index in [-0.39, 0.29) is 6.98 Å². The number of anilines is 2. The zero-order chi connectivity index (χ0) is 25.9. The molecule has 0 aliphatic carbocycles. The van der Waals surface area contributed by atoms with Crippen molar-refractivity contribution in [1.82, 2.24) is 4.48 Å². The molecule has 4 heterocycles. The van der Waals surface area contributed by atoms with Gasteiger partial charge in [0.2, 0.25) is 0 Å². The van der Waals surface area contributed by atoms with E-state index in [1.165, 1.54) is 81.1 Å². The summed E-state index contributed by atoms with van der Waals surface area (Å²) in [7, 11) is 0. The summed E-state index contributed by atoms with van der Waals surface area (Å²) < 4.78 is 5.26. The van der Waals surface area contributed by atoms with Gasteiger partial charge in [-0.1, -0.05) is 84.9 Å². The molecule has 6 aromatic carbocycles. The lowest BCUT2D eigenvalue weighted by molar-refractivity contribution is 1.31. The molecule has 10 rings (SSSR count). The maximum Gasteiger partial charge on any atom is 0.421 e. The molecule has 0 radical (unpaired) electrons. The highest BCUT2D eigenvalue weighted by Gasteiger charge is 2.44. The zero-order valence-corrected chi connectivity index (χ0v) is 22.3. The second-order valence-electron chi connectivity index (χ2n) is 10.9. The minimum atomic E-state index is 0.0852. The van der Waals surface area contributed by atoms with Crippen LogP contribution in [0.25, 0.3) is 64.2 Å². The molecular weight excluding hydrogens is 503 g/mol. The van der Waals surface area contributed by atoms with Crippen LogP contribution in [-0.2, 0) is 0 Å². The Morgan fingerprint density at radius 2 is 1.23 bits per heavy atom. The van der Waals surface area contributed by atoms with Gasteiger partial charge >= 0.3 is 6.98 Å². The molecule has 0 saturated carbocycles. The number of thiophene rings is 1. The molecule has 4 heteroatoms. The van der Waals surface area contributed by atoms with Crippen LogP contribution in [0.4, 0.5) is 11.4 Å². The van der Waals surface area contributed by atoms with Crippen molar-refractivity contribution in [3.8, 4) is 22.3 Å². The van der Waals surface area contributed by atoms with E-state index >= 15 is 0 Å². The summed E-state index contributed by atoms with van der Waals surface area (Å²) >= 11 is 1.88. The first-order valence-corrected chi connectivity index (χ1v) is 14.6. The Kier molecular flexibility index (Phi) is 3.92. The van der Waals surface area contributed by atoms with Gasteiger partial charge in [-0.25, -0.2) is 0 Å². The lowest BCUT2D eigenvalue weighted by atomic mass is 9.60. The van der Waals surface area contributed by atoms with Crippen molar-refractivity contribution in [1.29, 1.82) is 0 Å². The van der Waals surface area contributed by atoms with Gasteiger partial charge in [-0.05, 0) is 64.6 Å². The third-order valence-corrected chi connectivity index (χ3v) is 10.1. The summed E-state index contributed by atoms with van der Waals surface area (Å²) in [6, 6.07) is 47.4. The van der Waals surface area contributed by atoms with Gasteiger partial charge in [0, 0.05) is 47.7 Å². The minimum absolute atomic E-state index is 0.0852. The zero-order valence-electron chi connectivity index (χ0n) is 21.5. The molecule has 0 fully saturated rings. The number of nitrogens with zero attached hydrogens (tertiary/aromatic N) is 2. The number of rotatable bonds is 1. The highest BCUT2D eigenvalue weighted by Crippen LogP contribution is 2.50. The normalized spacial score (nSPS) is 13.4. The largest absolute Gasteiger partial charge is 0.421 e. The Bertz CT molecular complexity index is 2360. The Morgan fingerprint density at radius 1 is 0.500 bits per heavy atom. The summed E-state index contributed by atoms with van der Waals surface area (Å²) in [5.74, 6) is 0. The number of benzene rings is 6. The summed E-state index contributed by atoms with van der Waals surface area (Å²) in [5, 5.41) is 5.32. The van der Waals surface area contributed by atoms with Crippen LogP contribution in [0, 0.1) is 0 Å². The number of hydrogen-bond acceptors (Lipinski definition) is 2. The van der Waals surface area contributed by atoms with Crippen LogP contribution < -0.4 is 10.3 Å². The summed E-state index contributed by atoms with van der Waals surface area (Å²) in [6.45, 7) is 0.0852. The monoisotopic (exact) mass is 524 g/mol. The molecule has 2 aliphatic heterocycles. The van der Waals surface area contributed by atoms with Gasteiger partial charge in [0.05, 0.1) is 11.2 Å². The lowest BCUT2D eigenvalue weighted by Crippen LogP contribution is -2.51. The Hall–Kier alpha value is -4.80. The molecule has 2 aliphatic rings. The predicted molar refractivity (Wildman–Crippen MR) is 173 cm³/mol. The van der Waals surface area contributed by atoms with Crippen molar-refractivity contribution in [3.63, 3.8) is 0 Å². The van der Waals surface area contributed by atoms with Gasteiger partial charge in [-0.15, -0.1) is 11.3 Å². The molecule has 0 N–H and O–H groups in total. The molecule has 2 nitrogen and oxygen atoms in total. The second-order valence-corrected chi connectivity index (χ2v) is 12.0. The molecule has 184 valence electrons. The van der Waals surface area contributed by atoms with Crippen molar-refractivity contribution in [3.05, 3.63) is 127 Å². The van der Waals surface area contributed by atoms with Gasteiger partial charge in [0.25, 0.3) is 0 Å². The van der Waals surface area contributed by atoms with Crippen LogP contribution in [0.2, 0.25) is 0 Å². The van der Waals surface area contributed by atoms with Crippen molar-refractivity contribution in [2.24, 2.45) is 0 Å². The average molecular weight is 524 g/mol. The van der Waals surface area contributed by atoms with Crippen molar-refractivity contribution >= 4 is 77.1 Å². The maximum atomic E-state index is 2.58. The fraction of sp³-hybridized carbons (Fsp3) is 0. The van der Waals surface area contributed by atoms with Gasteiger partial charge in [-0.3, -0.25) is 0 Å². The maximum absolute atomic E-state index is 2.58. The molecule has 0 amide bonds. The van der Waals surface area contributed by atoms with E-state index < -0.39 is 0 Å². The number of aromatic nitrogens is 1. The molecule has 0 saturated heterocycles. The third kappa shape index (κ3) is 2.55. The SMILES string of the molecule is c1ccc2c(c1)B1N(c3ccccc3-2)c2cc(-c3ccc4sc5ccccc5c4c3)cc3c4ccccc4n1c23. The standard InChI is InChI=1S/C36H21BN2S/c1-5-13-30-24(9-1)25-10-2-6-14-31(25)38-33-21-23(20-29-26-11-3-7-15-32(26)39(36(29)33)37(30)38)22-17-18-35-28(19-22)27-12-4-8-16-34(27)40-35/h1-21H. The highest BCUT2D eigenvalue weighted by molar-refractivity contribution is 7.25. The van der Waals surface area contributed by atoms with Crippen LogP contribution in [-0.4, -0.2) is 11.5 Å². The van der Waals surface area contributed by atoms with Crippen LogP contribution in [0.3, 0.4) is 0 Å². The van der Waals surface area contributed by atoms with Gasteiger partial charge in [0.15, 0.2) is 0 Å². The van der Waals surface area contributed by atoms with E-state index in [9.17, 15) is 0 Å². The molecule has 2 aromatic heterocycles. The number of hydrogen-bond donors (Lipinski definition) is 0. The van der Waals surface area contributed by atoms with Crippen molar-refractivity contribution < 1.29 is 0 Å². The lowest BCUT2D eigenvalue weighted by Gasteiger charge is -2.34. The topological polar surface area (TPSA) is 8.17 Å². The fourth-order valence-electron chi connectivity index (χ4n) is 7.29. The van der Waals surface area contributed by atoms with E-state index in [4.69, 9.17) is 0 Å². The average Bonchev–Trinajstić information content (AvgIpc) is 3.67. The molecule has 0 unspecified atom stereocenters. The number of fused-ring (bicyclic) bond motifs is 14. The summed E-state index contributed by atoms with van der Waals surface area (Å²) in [4.78, 5) is 2.58. The van der Waals surface area contributed by atoms with Gasteiger partial charge < -0.3 is 9.29 Å². The first-order chi connectivity index (χ1) is 19.8. The third-order valence-electron chi connectivity index (χ3n) is 8.94. The van der Waals surface area contributed by atoms with E-state index in [0.717, 1.165) is 0 Å². The second kappa shape index (κ2) is 7.44. The molecular formula is C36H21BN2S. The Morgan fingerprint density at radius 3 is 2.17 bits per heavy atom. The summed E-state index contributed by atoms with van der Waals surface area (Å²) in [5.41, 5.74) is 11.7. The Balaban J connectivity index is 1.31. The van der Waals surface area contributed by atoms with E-state index in [0.29, 0.717) is 0 Å². The smallest absolute Gasteiger partial charge is 0.359 e. The van der Waals surface area contributed by atoms with Crippen LogP contribution >= 0.6 is 11.3 Å². The Labute approximate surface area is 235 Å². The number of para-hydroxylation sites is 2. The minimum Gasteiger partial charge on any atom is -0.359 e. The fourth-order valence-corrected chi connectivity index (χ4v) is 8.37. The highest BCUT2D eigenvalue weighted by atomic mass is 32.1. The molecule has 8 aromatic rings. The summed E-state index contributed by atoms with van der Waals surface area (Å²) in [6.07, 6.45) is 0. The molecule has 40 heavy (non-hydrogen) atoms. The predicted octanol–water partition coefficient (Wildman–Crippen LogP) is 9.20.